The molecule has 0 aliphatic heterocycles. The van der Waals surface area contributed by atoms with E-state index in [1.54, 1.807) is 0 Å². The highest BCUT2D eigenvalue weighted by molar-refractivity contribution is 5.85. The quantitative estimate of drug-likeness (QED) is 0.841. The fourth-order valence-electron chi connectivity index (χ4n) is 1.03. The molecule has 1 aromatic heterocycles. The Labute approximate surface area is 92.3 Å². The Hall–Kier alpha value is -0.700. The first-order chi connectivity index (χ1) is 6.09. The van der Waals surface area contributed by atoms with Gasteiger partial charge in [-0.1, -0.05) is 13.8 Å². The monoisotopic (exact) mass is 217 g/mol. The van der Waals surface area contributed by atoms with E-state index < -0.39 is 0 Å². The molecule has 0 saturated carbocycles. The van der Waals surface area contributed by atoms with Crippen molar-refractivity contribution in [1.29, 1.82) is 0 Å². The molecule has 1 heterocycles. The summed E-state index contributed by atoms with van der Waals surface area (Å²) in [7, 11) is 0. The summed E-state index contributed by atoms with van der Waals surface area (Å²) in [6.45, 7) is 9.64. The van der Waals surface area contributed by atoms with Gasteiger partial charge in [0.25, 0.3) is 0 Å². The van der Waals surface area contributed by atoms with Crippen LogP contribution in [0.15, 0.2) is 12.4 Å². The summed E-state index contributed by atoms with van der Waals surface area (Å²) in [5, 5.41) is 7.58. The second kappa shape index (κ2) is 5.91. The van der Waals surface area contributed by atoms with E-state index in [0.717, 1.165) is 12.2 Å². The molecule has 1 N–H and O–H groups in total. The summed E-state index contributed by atoms with van der Waals surface area (Å²) in [4.78, 5) is 0. The SMILES string of the molecule is CC(C)CNc1cnn(C(C)C)c1.Cl. The maximum absolute atomic E-state index is 4.25. The third-order valence-corrected chi connectivity index (χ3v) is 1.85. The molecule has 0 bridgehead atoms. The average molecular weight is 218 g/mol. The molecule has 0 aliphatic rings. The number of aromatic nitrogens is 2. The van der Waals surface area contributed by atoms with Crippen LogP contribution in [0.3, 0.4) is 0 Å². The van der Waals surface area contributed by atoms with Crippen molar-refractivity contribution in [2.45, 2.75) is 33.7 Å². The molecule has 0 atom stereocenters. The van der Waals surface area contributed by atoms with E-state index in [1.165, 1.54) is 0 Å². The highest BCUT2D eigenvalue weighted by Gasteiger charge is 2.01. The fraction of sp³-hybridized carbons (Fsp3) is 0.700. The molecule has 1 rings (SSSR count). The van der Waals surface area contributed by atoms with Crippen LogP contribution in [-0.2, 0) is 0 Å². The Kier molecular flexibility index (Phi) is 5.62. The van der Waals surface area contributed by atoms with Gasteiger partial charge in [0, 0.05) is 18.8 Å². The van der Waals surface area contributed by atoms with Crippen LogP contribution in [0.4, 0.5) is 5.69 Å². The third kappa shape index (κ3) is 4.01. The van der Waals surface area contributed by atoms with Gasteiger partial charge in [0.15, 0.2) is 0 Å². The molecular formula is C10H20ClN3. The van der Waals surface area contributed by atoms with E-state index in [0.29, 0.717) is 12.0 Å². The highest BCUT2D eigenvalue weighted by atomic mass is 35.5. The van der Waals surface area contributed by atoms with E-state index in [4.69, 9.17) is 0 Å². The lowest BCUT2D eigenvalue weighted by Crippen LogP contribution is -2.07. The van der Waals surface area contributed by atoms with Gasteiger partial charge in [-0.25, -0.2) is 0 Å². The number of halogens is 1. The van der Waals surface area contributed by atoms with Crippen LogP contribution in [0.1, 0.15) is 33.7 Å². The molecule has 82 valence electrons. The Morgan fingerprint density at radius 2 is 2.00 bits per heavy atom. The van der Waals surface area contributed by atoms with E-state index in [1.807, 2.05) is 17.1 Å². The van der Waals surface area contributed by atoms with Gasteiger partial charge in [0.2, 0.25) is 0 Å². The predicted molar refractivity (Wildman–Crippen MR) is 63.2 cm³/mol. The second-order valence-electron chi connectivity index (χ2n) is 4.08. The standard InChI is InChI=1S/C10H19N3.ClH/c1-8(2)5-11-10-6-12-13(7-10)9(3)4;/h6-9,11H,5H2,1-4H3;1H. The van der Waals surface area contributed by atoms with Gasteiger partial charge in [0.1, 0.15) is 0 Å². The zero-order valence-electron chi connectivity index (χ0n) is 9.32. The summed E-state index contributed by atoms with van der Waals surface area (Å²) in [6.07, 6.45) is 3.93. The predicted octanol–water partition coefficient (Wildman–Crippen LogP) is 2.95. The number of hydrogen-bond donors (Lipinski definition) is 1. The number of anilines is 1. The van der Waals surface area contributed by atoms with Crippen LogP contribution in [0.25, 0.3) is 0 Å². The third-order valence-electron chi connectivity index (χ3n) is 1.85. The molecule has 0 saturated heterocycles. The molecule has 0 amide bonds. The van der Waals surface area contributed by atoms with Gasteiger partial charge in [-0.15, -0.1) is 12.4 Å². The van der Waals surface area contributed by atoms with Gasteiger partial charge in [-0.2, -0.15) is 5.10 Å². The summed E-state index contributed by atoms with van der Waals surface area (Å²) in [5.74, 6) is 0.669. The number of rotatable bonds is 4. The first-order valence-corrected chi connectivity index (χ1v) is 4.87. The summed E-state index contributed by atoms with van der Waals surface area (Å²) >= 11 is 0. The molecular weight excluding hydrogens is 198 g/mol. The van der Waals surface area contributed by atoms with Crippen LogP contribution in [-0.4, -0.2) is 16.3 Å². The molecule has 0 spiro atoms. The summed E-state index contributed by atoms with van der Waals surface area (Å²) in [5.41, 5.74) is 1.11. The first kappa shape index (κ1) is 13.3. The Morgan fingerprint density at radius 3 is 2.43 bits per heavy atom. The van der Waals surface area contributed by atoms with Crippen molar-refractivity contribution in [2.75, 3.05) is 11.9 Å². The van der Waals surface area contributed by atoms with Gasteiger partial charge in [-0.05, 0) is 19.8 Å². The fourth-order valence-corrected chi connectivity index (χ4v) is 1.03. The minimum Gasteiger partial charge on any atom is -0.382 e. The molecule has 14 heavy (non-hydrogen) atoms. The van der Waals surface area contributed by atoms with Crippen molar-refractivity contribution in [3.8, 4) is 0 Å². The van der Waals surface area contributed by atoms with Crippen molar-refractivity contribution >= 4 is 18.1 Å². The molecule has 1 aromatic rings. The molecule has 4 heteroatoms. The molecule has 0 unspecified atom stereocenters. The smallest absolute Gasteiger partial charge is 0.0726 e. The van der Waals surface area contributed by atoms with E-state index in [2.05, 4.69) is 38.1 Å². The Balaban J connectivity index is 0.00000169. The van der Waals surface area contributed by atoms with E-state index in [9.17, 15) is 0 Å². The lowest BCUT2D eigenvalue weighted by molar-refractivity contribution is 0.532. The molecule has 0 fully saturated rings. The van der Waals surface area contributed by atoms with Crippen molar-refractivity contribution in [3.63, 3.8) is 0 Å². The van der Waals surface area contributed by atoms with Crippen molar-refractivity contribution in [3.05, 3.63) is 12.4 Å². The van der Waals surface area contributed by atoms with Crippen LogP contribution in [0, 0.1) is 5.92 Å². The molecule has 3 nitrogen and oxygen atoms in total. The molecule has 0 aliphatic carbocycles. The molecule has 0 aromatic carbocycles. The van der Waals surface area contributed by atoms with Gasteiger partial charge in [0.05, 0.1) is 11.9 Å². The largest absolute Gasteiger partial charge is 0.382 e. The Bertz CT molecular complexity index is 256. The van der Waals surface area contributed by atoms with Crippen molar-refractivity contribution < 1.29 is 0 Å². The van der Waals surface area contributed by atoms with Gasteiger partial charge < -0.3 is 5.32 Å². The lowest BCUT2D eigenvalue weighted by Gasteiger charge is -2.06. The number of hydrogen-bond acceptors (Lipinski definition) is 2. The summed E-state index contributed by atoms with van der Waals surface area (Å²) in [6, 6.07) is 0.439. The zero-order chi connectivity index (χ0) is 9.84. The van der Waals surface area contributed by atoms with E-state index in [-0.39, 0.29) is 12.4 Å². The highest BCUT2D eigenvalue weighted by Crippen LogP contribution is 2.10. The van der Waals surface area contributed by atoms with Gasteiger partial charge >= 0.3 is 0 Å². The first-order valence-electron chi connectivity index (χ1n) is 4.87. The maximum atomic E-state index is 4.25. The zero-order valence-corrected chi connectivity index (χ0v) is 10.1. The normalized spacial score (nSPS) is 10.4. The van der Waals surface area contributed by atoms with E-state index >= 15 is 0 Å². The van der Waals surface area contributed by atoms with Gasteiger partial charge in [-0.3, -0.25) is 4.68 Å². The Morgan fingerprint density at radius 1 is 1.36 bits per heavy atom. The second-order valence-corrected chi connectivity index (χ2v) is 4.08. The summed E-state index contributed by atoms with van der Waals surface area (Å²) < 4.78 is 1.96. The lowest BCUT2D eigenvalue weighted by atomic mass is 10.2. The average Bonchev–Trinajstić information content (AvgIpc) is 2.48. The topological polar surface area (TPSA) is 29.9 Å². The van der Waals surface area contributed by atoms with Crippen LogP contribution >= 0.6 is 12.4 Å². The van der Waals surface area contributed by atoms with Crippen LogP contribution in [0.5, 0.6) is 0 Å². The van der Waals surface area contributed by atoms with Crippen LogP contribution in [0.2, 0.25) is 0 Å². The maximum Gasteiger partial charge on any atom is 0.0726 e. The molecule has 0 radical (unpaired) electrons. The minimum atomic E-state index is 0. The number of nitrogens with zero attached hydrogens (tertiary/aromatic N) is 2. The van der Waals surface area contributed by atoms with Crippen molar-refractivity contribution in [2.24, 2.45) is 5.92 Å². The van der Waals surface area contributed by atoms with Crippen molar-refractivity contribution in [1.82, 2.24) is 9.78 Å². The minimum absolute atomic E-state index is 0. The van der Waals surface area contributed by atoms with Crippen LogP contribution < -0.4 is 5.32 Å². The number of nitrogens with one attached hydrogen (secondary N) is 1.